The van der Waals surface area contributed by atoms with E-state index in [-0.39, 0.29) is 11.5 Å². The van der Waals surface area contributed by atoms with Gasteiger partial charge in [0.2, 0.25) is 0 Å². The molecule has 2 atom stereocenters. The first-order chi connectivity index (χ1) is 12.2. The molecule has 142 valence electrons. The van der Waals surface area contributed by atoms with Gasteiger partial charge in [-0.2, -0.15) is 13.2 Å². The molecular weight excluding hydrogens is 349 g/mol. The van der Waals surface area contributed by atoms with Gasteiger partial charge >= 0.3 is 6.18 Å². The van der Waals surface area contributed by atoms with Gasteiger partial charge in [0.25, 0.3) is 0 Å². The van der Waals surface area contributed by atoms with Crippen molar-refractivity contribution in [2.45, 2.75) is 19.0 Å². The van der Waals surface area contributed by atoms with Gasteiger partial charge in [0, 0.05) is 5.92 Å². The Hall–Kier alpha value is -2.57. The van der Waals surface area contributed by atoms with Crippen molar-refractivity contribution in [2.75, 3.05) is 21.3 Å². The van der Waals surface area contributed by atoms with E-state index >= 15 is 0 Å². The first kappa shape index (κ1) is 19.8. The highest BCUT2D eigenvalue weighted by molar-refractivity contribution is 5.49. The number of rotatable bonds is 6. The monoisotopic (exact) mass is 370 g/mol. The molecule has 0 heterocycles. The van der Waals surface area contributed by atoms with Crippen molar-refractivity contribution >= 4 is 0 Å². The normalized spacial score (nSPS) is 13.8. The van der Waals surface area contributed by atoms with Crippen LogP contribution in [0.2, 0.25) is 0 Å². The summed E-state index contributed by atoms with van der Waals surface area (Å²) in [6.07, 6.45) is -4.41. The van der Waals surface area contributed by atoms with Gasteiger partial charge in [-0.1, -0.05) is 19.1 Å². The molecule has 2 rings (SSSR count). The fourth-order valence-corrected chi connectivity index (χ4v) is 2.89. The molecule has 0 saturated heterocycles. The summed E-state index contributed by atoms with van der Waals surface area (Å²) in [5, 5.41) is 9.75. The zero-order valence-corrected chi connectivity index (χ0v) is 14.9. The lowest BCUT2D eigenvalue weighted by molar-refractivity contribution is -0.173. The van der Waals surface area contributed by atoms with Crippen molar-refractivity contribution in [3.05, 3.63) is 47.5 Å². The summed E-state index contributed by atoms with van der Waals surface area (Å²) in [5.74, 6) is -1.93. The van der Waals surface area contributed by atoms with Gasteiger partial charge in [0.05, 0.1) is 27.2 Å². The van der Waals surface area contributed by atoms with E-state index in [1.807, 2.05) is 0 Å². The predicted octanol–water partition coefficient (Wildman–Crippen LogP) is 4.75. The molecular formula is C19H21F3O4. The molecule has 2 unspecified atom stereocenters. The molecule has 0 aromatic heterocycles. The van der Waals surface area contributed by atoms with Gasteiger partial charge in [-0.3, -0.25) is 0 Å². The van der Waals surface area contributed by atoms with Crippen molar-refractivity contribution in [3.63, 3.8) is 0 Å². The van der Waals surface area contributed by atoms with E-state index in [0.717, 1.165) is 6.92 Å². The first-order valence-electron chi connectivity index (χ1n) is 7.88. The number of hydrogen-bond acceptors (Lipinski definition) is 4. The number of halogens is 3. The third-order valence-electron chi connectivity index (χ3n) is 4.35. The number of aromatic hydroxyl groups is 1. The smallest absolute Gasteiger partial charge is 0.392 e. The summed E-state index contributed by atoms with van der Waals surface area (Å²) in [6.45, 7) is 1.13. The predicted molar refractivity (Wildman–Crippen MR) is 91.3 cm³/mol. The highest BCUT2D eigenvalue weighted by atomic mass is 19.4. The Labute approximate surface area is 150 Å². The minimum absolute atomic E-state index is 0.113. The molecule has 0 aliphatic rings. The van der Waals surface area contributed by atoms with Crippen molar-refractivity contribution < 1.29 is 32.5 Å². The minimum atomic E-state index is -4.41. The van der Waals surface area contributed by atoms with E-state index < -0.39 is 18.0 Å². The molecule has 0 aliphatic carbocycles. The molecule has 4 nitrogen and oxygen atoms in total. The van der Waals surface area contributed by atoms with Crippen LogP contribution in [0.15, 0.2) is 36.4 Å². The van der Waals surface area contributed by atoms with Crippen molar-refractivity contribution in [3.8, 4) is 23.0 Å². The molecule has 0 spiro atoms. The fraction of sp³-hybridized carbons (Fsp3) is 0.368. The molecule has 0 fully saturated rings. The number of phenols is 1. The lowest BCUT2D eigenvalue weighted by Gasteiger charge is -2.28. The van der Waals surface area contributed by atoms with Crippen LogP contribution < -0.4 is 14.2 Å². The Morgan fingerprint density at radius 3 is 1.81 bits per heavy atom. The number of benzene rings is 2. The number of alkyl halides is 3. The quantitative estimate of drug-likeness (QED) is 0.797. The van der Waals surface area contributed by atoms with Gasteiger partial charge in [-0.05, 0) is 35.4 Å². The van der Waals surface area contributed by atoms with Crippen LogP contribution in [0.5, 0.6) is 23.0 Å². The van der Waals surface area contributed by atoms with E-state index in [4.69, 9.17) is 14.2 Å². The molecule has 0 saturated carbocycles. The van der Waals surface area contributed by atoms with E-state index in [0.29, 0.717) is 22.6 Å². The maximum atomic E-state index is 13.5. The van der Waals surface area contributed by atoms with Crippen molar-refractivity contribution in [1.82, 2.24) is 0 Å². The molecule has 1 N–H and O–H groups in total. The summed E-state index contributed by atoms with van der Waals surface area (Å²) in [5.41, 5.74) is 0.789. The van der Waals surface area contributed by atoms with Gasteiger partial charge in [-0.25, -0.2) is 0 Å². The SMILES string of the molecule is COc1cc(C(c2ccc(OC)c(OC)c2)C(C)C(F)(F)F)ccc1O. The summed E-state index contributed by atoms with van der Waals surface area (Å²) >= 11 is 0. The molecule has 0 amide bonds. The maximum absolute atomic E-state index is 13.5. The number of hydrogen-bond donors (Lipinski definition) is 1. The van der Waals surface area contributed by atoms with Crippen LogP contribution in [0, 0.1) is 5.92 Å². The van der Waals surface area contributed by atoms with Crippen LogP contribution in [0.25, 0.3) is 0 Å². The molecule has 26 heavy (non-hydrogen) atoms. The zero-order valence-electron chi connectivity index (χ0n) is 14.9. The molecule has 0 radical (unpaired) electrons. The Bertz CT molecular complexity index is 759. The second-order valence-electron chi connectivity index (χ2n) is 5.85. The maximum Gasteiger partial charge on any atom is 0.392 e. The molecule has 7 heteroatoms. The van der Waals surface area contributed by atoms with E-state index in [2.05, 4.69) is 0 Å². The molecule has 0 aliphatic heterocycles. The summed E-state index contributed by atoms with van der Waals surface area (Å²) in [6, 6.07) is 8.88. The van der Waals surface area contributed by atoms with Gasteiger partial charge in [0.1, 0.15) is 0 Å². The van der Waals surface area contributed by atoms with Crippen LogP contribution in [0.1, 0.15) is 24.0 Å². The lowest BCUT2D eigenvalue weighted by Crippen LogP contribution is -2.27. The summed E-state index contributed by atoms with van der Waals surface area (Å²) in [7, 11) is 4.23. The van der Waals surface area contributed by atoms with Gasteiger partial charge < -0.3 is 19.3 Å². The van der Waals surface area contributed by atoms with E-state index in [9.17, 15) is 18.3 Å². The van der Waals surface area contributed by atoms with E-state index in [1.165, 1.54) is 45.6 Å². The molecule has 2 aromatic rings. The van der Waals surface area contributed by atoms with Crippen LogP contribution in [-0.4, -0.2) is 32.6 Å². The topological polar surface area (TPSA) is 47.9 Å². The van der Waals surface area contributed by atoms with Crippen LogP contribution in [0.4, 0.5) is 13.2 Å². The van der Waals surface area contributed by atoms with Crippen LogP contribution in [0.3, 0.4) is 0 Å². The second kappa shape index (κ2) is 7.76. The van der Waals surface area contributed by atoms with Gasteiger partial charge in [0.15, 0.2) is 23.0 Å². The highest BCUT2D eigenvalue weighted by Crippen LogP contribution is 2.44. The Kier molecular flexibility index (Phi) is 5.90. The van der Waals surface area contributed by atoms with E-state index in [1.54, 1.807) is 12.1 Å². The fourth-order valence-electron chi connectivity index (χ4n) is 2.89. The minimum Gasteiger partial charge on any atom is -0.504 e. The Morgan fingerprint density at radius 2 is 1.31 bits per heavy atom. The first-order valence-corrected chi connectivity index (χ1v) is 7.88. The molecule has 0 bridgehead atoms. The highest BCUT2D eigenvalue weighted by Gasteiger charge is 2.42. The lowest BCUT2D eigenvalue weighted by atomic mass is 9.81. The summed E-state index contributed by atoms with van der Waals surface area (Å²) in [4.78, 5) is 0. The third kappa shape index (κ3) is 3.98. The number of ether oxygens (including phenoxy) is 3. The second-order valence-corrected chi connectivity index (χ2v) is 5.85. The number of phenolic OH excluding ortho intramolecular Hbond substituents is 1. The average molecular weight is 370 g/mol. The van der Waals surface area contributed by atoms with Crippen LogP contribution in [-0.2, 0) is 0 Å². The standard InChI is InChI=1S/C19H21F3O4/c1-11(19(20,21)22)18(12-5-7-14(23)16(9-12)25-3)13-6-8-15(24-2)17(10-13)26-4/h5-11,18,23H,1-4H3. The average Bonchev–Trinajstić information content (AvgIpc) is 2.62. The number of methoxy groups -OCH3 is 3. The Morgan fingerprint density at radius 1 is 0.808 bits per heavy atom. The molecule has 2 aromatic carbocycles. The summed E-state index contributed by atoms with van der Waals surface area (Å²) < 4.78 is 56.0. The third-order valence-corrected chi connectivity index (χ3v) is 4.35. The zero-order chi connectivity index (χ0) is 19.5. The Balaban J connectivity index is 2.62. The largest absolute Gasteiger partial charge is 0.504 e. The van der Waals surface area contributed by atoms with Crippen molar-refractivity contribution in [1.29, 1.82) is 0 Å². The van der Waals surface area contributed by atoms with Crippen LogP contribution >= 0.6 is 0 Å². The van der Waals surface area contributed by atoms with Gasteiger partial charge in [-0.15, -0.1) is 0 Å². The van der Waals surface area contributed by atoms with Crippen molar-refractivity contribution in [2.24, 2.45) is 5.92 Å².